The maximum Gasteiger partial charge on any atom is 0.0751 e. The van der Waals surface area contributed by atoms with E-state index in [1.165, 1.54) is 25.9 Å². The van der Waals surface area contributed by atoms with Crippen molar-refractivity contribution in [2.24, 2.45) is 0 Å². The molecule has 60 valence electrons. The van der Waals surface area contributed by atoms with Crippen LogP contribution < -0.4 is 0 Å². The summed E-state index contributed by atoms with van der Waals surface area (Å²) in [5.41, 5.74) is 0. The summed E-state index contributed by atoms with van der Waals surface area (Å²) in [6.07, 6.45) is 2.71. The first kappa shape index (κ1) is 8.71. The molecule has 0 atom stereocenters. The van der Waals surface area contributed by atoms with Crippen LogP contribution in [-0.2, 0) is 4.18 Å². The standard InChI is InChI=1S/C6H13NOS2/c9-10-8-6-5-7-3-1-2-4-7/h9H,1-6H2. The SMILES string of the molecule is SSOCCN1CCCC1. The summed E-state index contributed by atoms with van der Waals surface area (Å²) in [6, 6.07) is 0. The minimum atomic E-state index is 0.800. The van der Waals surface area contributed by atoms with Gasteiger partial charge in [-0.1, -0.05) is 11.7 Å². The molecular formula is C6H13NOS2. The molecule has 2 nitrogen and oxygen atoms in total. The number of hydrogen-bond donors (Lipinski definition) is 1. The van der Waals surface area contributed by atoms with Crippen LogP contribution in [0.4, 0.5) is 0 Å². The summed E-state index contributed by atoms with van der Waals surface area (Å²) in [6.45, 7) is 4.36. The molecule has 0 unspecified atom stereocenters. The molecule has 4 heteroatoms. The summed E-state index contributed by atoms with van der Waals surface area (Å²) in [5.74, 6) is 0. The van der Waals surface area contributed by atoms with Crippen LogP contribution in [0.2, 0.25) is 0 Å². The maximum atomic E-state index is 5.03. The highest BCUT2D eigenvalue weighted by Gasteiger charge is 2.09. The van der Waals surface area contributed by atoms with Gasteiger partial charge in [-0.05, 0) is 25.9 Å². The first-order valence-corrected chi connectivity index (χ1v) is 5.38. The van der Waals surface area contributed by atoms with Gasteiger partial charge in [-0.15, -0.1) is 0 Å². The Balaban J connectivity index is 1.91. The van der Waals surface area contributed by atoms with E-state index in [9.17, 15) is 0 Å². The second kappa shape index (κ2) is 5.29. The molecule has 1 heterocycles. The topological polar surface area (TPSA) is 12.5 Å². The lowest BCUT2D eigenvalue weighted by Gasteiger charge is -2.12. The van der Waals surface area contributed by atoms with E-state index in [1.54, 1.807) is 0 Å². The van der Waals surface area contributed by atoms with Gasteiger partial charge in [0.1, 0.15) is 0 Å². The second-order valence-corrected chi connectivity index (χ2v) is 3.28. The molecule has 1 saturated heterocycles. The van der Waals surface area contributed by atoms with Gasteiger partial charge < -0.3 is 9.08 Å². The van der Waals surface area contributed by atoms with Crippen molar-refractivity contribution in [3.05, 3.63) is 0 Å². The summed E-state index contributed by atoms with van der Waals surface area (Å²) in [5, 5.41) is 0. The molecule has 0 aliphatic carbocycles. The molecule has 0 radical (unpaired) electrons. The van der Waals surface area contributed by atoms with Gasteiger partial charge in [0.15, 0.2) is 0 Å². The highest BCUT2D eigenvalue weighted by Crippen LogP contribution is 2.09. The van der Waals surface area contributed by atoms with Crippen molar-refractivity contribution in [3.63, 3.8) is 0 Å². The van der Waals surface area contributed by atoms with E-state index in [0.717, 1.165) is 24.2 Å². The Bertz CT molecular complexity index is 85.8. The van der Waals surface area contributed by atoms with Gasteiger partial charge in [-0.25, -0.2) is 0 Å². The van der Waals surface area contributed by atoms with Crippen molar-refractivity contribution in [2.75, 3.05) is 26.2 Å². The van der Waals surface area contributed by atoms with Crippen molar-refractivity contribution in [3.8, 4) is 0 Å². The molecule has 1 aliphatic heterocycles. The Hall–Kier alpha value is 0.620. The second-order valence-electron chi connectivity index (χ2n) is 2.45. The third kappa shape index (κ3) is 3.14. The van der Waals surface area contributed by atoms with E-state index >= 15 is 0 Å². The van der Waals surface area contributed by atoms with E-state index in [2.05, 4.69) is 16.6 Å². The highest BCUT2D eigenvalue weighted by molar-refractivity contribution is 8.66. The van der Waals surface area contributed by atoms with Crippen molar-refractivity contribution < 1.29 is 4.18 Å². The average molecular weight is 179 g/mol. The van der Waals surface area contributed by atoms with Crippen LogP contribution in [0.25, 0.3) is 0 Å². The summed E-state index contributed by atoms with van der Waals surface area (Å²) >= 11 is 5.03. The zero-order valence-corrected chi connectivity index (χ0v) is 7.66. The number of hydrogen-bond acceptors (Lipinski definition) is 4. The normalized spacial score (nSPS) is 20.1. The maximum absolute atomic E-state index is 5.03. The van der Waals surface area contributed by atoms with Gasteiger partial charge in [0.05, 0.1) is 17.7 Å². The van der Waals surface area contributed by atoms with Gasteiger partial charge in [-0.2, -0.15) is 0 Å². The molecule has 0 spiro atoms. The van der Waals surface area contributed by atoms with Crippen molar-refractivity contribution in [1.82, 2.24) is 4.90 Å². The molecule has 1 aliphatic rings. The van der Waals surface area contributed by atoms with Crippen LogP contribution in [0.3, 0.4) is 0 Å². The molecule has 0 aromatic carbocycles. The molecule has 0 saturated carbocycles. The van der Waals surface area contributed by atoms with Crippen LogP contribution in [0.5, 0.6) is 0 Å². The predicted octanol–water partition coefficient (Wildman–Crippen LogP) is 1.59. The fraction of sp³-hybridized carbons (Fsp3) is 1.00. The van der Waals surface area contributed by atoms with E-state index < -0.39 is 0 Å². The van der Waals surface area contributed by atoms with Crippen LogP contribution in [-0.4, -0.2) is 31.1 Å². The first-order chi connectivity index (χ1) is 4.93. The quantitative estimate of drug-likeness (QED) is 0.305. The largest absolute Gasteiger partial charge is 0.304 e. The van der Waals surface area contributed by atoms with Crippen LogP contribution in [0.1, 0.15) is 12.8 Å². The lowest BCUT2D eigenvalue weighted by Crippen LogP contribution is -2.23. The number of likely N-dealkylation sites (tertiary alicyclic amines) is 1. The fourth-order valence-electron chi connectivity index (χ4n) is 1.21. The zero-order valence-electron chi connectivity index (χ0n) is 5.95. The third-order valence-corrected chi connectivity index (χ3v) is 2.33. The molecule has 0 aromatic rings. The monoisotopic (exact) mass is 179 g/mol. The van der Waals surface area contributed by atoms with Gasteiger partial charge in [0.25, 0.3) is 0 Å². The first-order valence-electron chi connectivity index (χ1n) is 3.59. The van der Waals surface area contributed by atoms with Crippen LogP contribution in [0, 0.1) is 0 Å². The Morgan fingerprint density at radius 1 is 1.40 bits per heavy atom. The Labute approximate surface area is 71.3 Å². The molecule has 1 fully saturated rings. The van der Waals surface area contributed by atoms with Gasteiger partial charge in [-0.3, -0.25) is 0 Å². The summed E-state index contributed by atoms with van der Waals surface area (Å²) in [7, 11) is 0. The molecular weight excluding hydrogens is 166 g/mol. The van der Waals surface area contributed by atoms with Crippen LogP contribution >= 0.6 is 22.7 Å². The molecule has 0 aromatic heterocycles. The highest BCUT2D eigenvalue weighted by atomic mass is 33.1. The molecule has 0 amide bonds. The van der Waals surface area contributed by atoms with E-state index in [1.807, 2.05) is 0 Å². The minimum Gasteiger partial charge on any atom is -0.304 e. The van der Waals surface area contributed by atoms with Gasteiger partial charge >= 0.3 is 0 Å². The predicted molar refractivity (Wildman–Crippen MR) is 48.2 cm³/mol. The number of rotatable bonds is 4. The number of thiol groups is 1. The van der Waals surface area contributed by atoms with Gasteiger partial charge in [0, 0.05) is 6.54 Å². The Morgan fingerprint density at radius 3 is 2.70 bits per heavy atom. The van der Waals surface area contributed by atoms with Crippen molar-refractivity contribution in [1.29, 1.82) is 0 Å². The lowest BCUT2D eigenvalue weighted by molar-refractivity contribution is 0.264. The van der Waals surface area contributed by atoms with E-state index in [-0.39, 0.29) is 0 Å². The Morgan fingerprint density at radius 2 is 2.10 bits per heavy atom. The van der Waals surface area contributed by atoms with Crippen molar-refractivity contribution >= 4 is 22.7 Å². The smallest absolute Gasteiger partial charge is 0.0751 e. The summed E-state index contributed by atoms with van der Waals surface area (Å²) in [4.78, 5) is 2.42. The zero-order chi connectivity index (χ0) is 7.23. The number of nitrogens with zero attached hydrogens (tertiary/aromatic N) is 1. The molecule has 0 N–H and O–H groups in total. The molecule has 0 bridgehead atoms. The molecule has 10 heavy (non-hydrogen) atoms. The molecule has 1 rings (SSSR count). The van der Waals surface area contributed by atoms with Crippen molar-refractivity contribution in [2.45, 2.75) is 12.8 Å². The van der Waals surface area contributed by atoms with E-state index in [4.69, 9.17) is 4.18 Å². The summed E-state index contributed by atoms with van der Waals surface area (Å²) < 4.78 is 5.03. The third-order valence-electron chi connectivity index (χ3n) is 1.74. The Kier molecular flexibility index (Phi) is 4.61. The minimum absolute atomic E-state index is 0.800. The van der Waals surface area contributed by atoms with E-state index in [0.29, 0.717) is 0 Å². The van der Waals surface area contributed by atoms with Crippen LogP contribution in [0.15, 0.2) is 0 Å². The van der Waals surface area contributed by atoms with Gasteiger partial charge in [0.2, 0.25) is 0 Å². The fourth-order valence-corrected chi connectivity index (χ4v) is 1.58. The lowest BCUT2D eigenvalue weighted by atomic mass is 10.4. The average Bonchev–Trinajstić information content (AvgIpc) is 2.41.